The van der Waals surface area contributed by atoms with Gasteiger partial charge in [-0.05, 0) is 44.5 Å². The van der Waals surface area contributed by atoms with E-state index in [1.54, 1.807) is 53.0 Å². The van der Waals surface area contributed by atoms with Crippen LogP contribution in [0, 0.1) is 13.8 Å². The molecule has 8 nitrogen and oxygen atoms in total. The summed E-state index contributed by atoms with van der Waals surface area (Å²) in [5, 5.41) is 4.56. The van der Waals surface area contributed by atoms with Crippen LogP contribution in [0.5, 0.6) is 5.75 Å². The highest BCUT2D eigenvalue weighted by atomic mass is 32.2. The van der Waals surface area contributed by atoms with Gasteiger partial charge in [0.15, 0.2) is 22.2 Å². The summed E-state index contributed by atoms with van der Waals surface area (Å²) < 4.78 is 31.2. The van der Waals surface area contributed by atoms with Crippen LogP contribution in [0.2, 0.25) is 0 Å². The van der Waals surface area contributed by atoms with Crippen molar-refractivity contribution < 1.29 is 22.7 Å². The van der Waals surface area contributed by atoms with Crippen molar-refractivity contribution in [1.82, 2.24) is 14.7 Å². The van der Waals surface area contributed by atoms with Crippen molar-refractivity contribution >= 4 is 21.5 Å². The molecule has 35 heavy (non-hydrogen) atoms. The van der Waals surface area contributed by atoms with Crippen LogP contribution >= 0.6 is 0 Å². The Labute approximate surface area is 205 Å². The molecule has 0 unspecified atom stereocenters. The average Bonchev–Trinajstić information content (AvgIpc) is 3.36. The first-order chi connectivity index (χ1) is 16.6. The number of amides is 1. The minimum Gasteiger partial charge on any atom is -0.484 e. The van der Waals surface area contributed by atoms with Crippen LogP contribution in [0.4, 0.5) is 0 Å². The number of carbonyl (C=O) groups is 2. The van der Waals surface area contributed by atoms with Crippen LogP contribution < -0.4 is 4.74 Å². The maximum Gasteiger partial charge on any atom is 0.260 e. The van der Waals surface area contributed by atoms with Gasteiger partial charge in [-0.1, -0.05) is 30.3 Å². The fourth-order valence-electron chi connectivity index (χ4n) is 4.29. The molecule has 1 fully saturated rings. The minimum atomic E-state index is -3.02. The number of sulfone groups is 1. The Morgan fingerprint density at radius 3 is 2.34 bits per heavy atom. The third kappa shape index (κ3) is 5.62. The number of likely N-dealkylation sites (N-methyl/N-ethyl adjacent to an activating group) is 1. The van der Waals surface area contributed by atoms with Crippen LogP contribution in [-0.4, -0.2) is 59.9 Å². The van der Waals surface area contributed by atoms with E-state index >= 15 is 0 Å². The zero-order chi connectivity index (χ0) is 25.2. The summed E-state index contributed by atoms with van der Waals surface area (Å²) in [5.41, 5.74) is 3.73. The van der Waals surface area contributed by atoms with E-state index in [1.165, 1.54) is 0 Å². The zero-order valence-electron chi connectivity index (χ0n) is 20.1. The lowest BCUT2D eigenvalue weighted by Gasteiger charge is -2.18. The van der Waals surface area contributed by atoms with Crippen LogP contribution in [0.25, 0.3) is 0 Å². The molecule has 0 aliphatic carbocycles. The predicted octanol–water partition coefficient (Wildman–Crippen LogP) is 3.13. The van der Waals surface area contributed by atoms with Crippen LogP contribution in [0.1, 0.15) is 45.3 Å². The molecule has 1 amide bonds. The fourth-order valence-corrected chi connectivity index (χ4v) is 5.98. The van der Waals surface area contributed by atoms with Gasteiger partial charge in [-0.25, -0.2) is 8.42 Å². The molecule has 0 spiro atoms. The Balaban J connectivity index is 1.34. The summed E-state index contributed by atoms with van der Waals surface area (Å²) in [6.07, 6.45) is 0.558. The molecule has 3 aromatic rings. The summed E-state index contributed by atoms with van der Waals surface area (Å²) in [4.78, 5) is 26.8. The molecule has 1 aliphatic rings. The lowest BCUT2D eigenvalue weighted by Crippen LogP contribution is -2.31. The molecule has 1 saturated heterocycles. The van der Waals surface area contributed by atoms with E-state index in [1.807, 2.05) is 32.0 Å². The largest absolute Gasteiger partial charge is 0.484 e. The van der Waals surface area contributed by atoms with Crippen LogP contribution in [-0.2, 0) is 21.2 Å². The molecule has 184 valence electrons. The number of benzene rings is 2. The third-order valence-electron chi connectivity index (χ3n) is 6.36. The van der Waals surface area contributed by atoms with Crippen molar-refractivity contribution in [2.24, 2.45) is 0 Å². The highest BCUT2D eigenvalue weighted by molar-refractivity contribution is 7.91. The van der Waals surface area contributed by atoms with Gasteiger partial charge in [-0.2, -0.15) is 5.10 Å². The molecule has 1 atom stereocenters. The van der Waals surface area contributed by atoms with Gasteiger partial charge in [-0.15, -0.1) is 0 Å². The SMILES string of the molecule is Cc1nn([C@@H]2CCS(=O)(=O)C2)c(C)c1CN(C)C(=O)COc1ccc(C(=O)c2ccccc2)cc1. The Morgan fingerprint density at radius 1 is 1.06 bits per heavy atom. The smallest absolute Gasteiger partial charge is 0.260 e. The summed E-state index contributed by atoms with van der Waals surface area (Å²) in [6.45, 7) is 3.99. The van der Waals surface area contributed by atoms with Gasteiger partial charge < -0.3 is 9.64 Å². The molecule has 0 radical (unpaired) electrons. The quantitative estimate of drug-likeness (QED) is 0.445. The third-order valence-corrected chi connectivity index (χ3v) is 8.12. The number of nitrogens with zero attached hydrogens (tertiary/aromatic N) is 3. The first kappa shape index (κ1) is 24.7. The number of aryl methyl sites for hydroxylation is 1. The lowest BCUT2D eigenvalue weighted by atomic mass is 10.0. The van der Waals surface area contributed by atoms with E-state index in [0.29, 0.717) is 29.8 Å². The van der Waals surface area contributed by atoms with Crippen molar-refractivity contribution in [2.45, 2.75) is 32.9 Å². The lowest BCUT2D eigenvalue weighted by molar-refractivity contribution is -0.132. The average molecular weight is 496 g/mol. The van der Waals surface area contributed by atoms with Gasteiger partial charge in [0.05, 0.1) is 23.2 Å². The number of hydrogen-bond donors (Lipinski definition) is 0. The number of ether oxygens (including phenoxy) is 1. The maximum atomic E-state index is 12.7. The van der Waals surface area contributed by atoms with E-state index in [4.69, 9.17) is 4.74 Å². The Morgan fingerprint density at radius 2 is 1.71 bits per heavy atom. The number of ketones is 1. The molecule has 0 N–H and O–H groups in total. The standard InChI is InChI=1S/C26H29N3O5S/c1-18-24(19(2)29(27-18)22-13-14-35(32,33)17-22)15-28(3)25(30)16-34-23-11-9-21(10-12-23)26(31)20-7-5-4-6-8-20/h4-12,22H,13-17H2,1-3H3/t22-/m1/s1. The fraction of sp³-hybridized carbons (Fsp3) is 0.346. The second kappa shape index (κ2) is 10.0. The highest BCUT2D eigenvalue weighted by Gasteiger charge is 2.31. The highest BCUT2D eigenvalue weighted by Crippen LogP contribution is 2.27. The van der Waals surface area contributed by atoms with Gasteiger partial charge in [0.1, 0.15) is 5.75 Å². The first-order valence-electron chi connectivity index (χ1n) is 11.5. The topological polar surface area (TPSA) is 98.6 Å². The first-order valence-corrected chi connectivity index (χ1v) is 13.3. The molecular formula is C26H29N3O5S. The molecule has 1 aromatic heterocycles. The van der Waals surface area contributed by atoms with Gasteiger partial charge >= 0.3 is 0 Å². The number of carbonyl (C=O) groups excluding carboxylic acids is 2. The van der Waals surface area contributed by atoms with E-state index in [2.05, 4.69) is 5.10 Å². The van der Waals surface area contributed by atoms with Crippen molar-refractivity contribution in [2.75, 3.05) is 25.2 Å². The van der Waals surface area contributed by atoms with E-state index in [-0.39, 0.29) is 35.8 Å². The van der Waals surface area contributed by atoms with Crippen LogP contribution in [0.15, 0.2) is 54.6 Å². The number of rotatable bonds is 8. The van der Waals surface area contributed by atoms with E-state index in [9.17, 15) is 18.0 Å². The number of hydrogen-bond acceptors (Lipinski definition) is 6. The predicted molar refractivity (Wildman–Crippen MR) is 132 cm³/mol. The Bertz CT molecular complexity index is 1330. The maximum absolute atomic E-state index is 12.7. The second-order valence-corrected chi connectivity index (χ2v) is 11.1. The normalized spacial score (nSPS) is 16.7. The Hall–Kier alpha value is -3.46. The molecule has 0 bridgehead atoms. The zero-order valence-corrected chi connectivity index (χ0v) is 20.9. The molecule has 1 aliphatic heterocycles. The van der Waals surface area contributed by atoms with E-state index < -0.39 is 9.84 Å². The Kier molecular flexibility index (Phi) is 7.07. The minimum absolute atomic E-state index is 0.0746. The summed E-state index contributed by atoms with van der Waals surface area (Å²) in [6, 6.07) is 15.6. The van der Waals surface area contributed by atoms with Crippen molar-refractivity contribution in [3.8, 4) is 5.75 Å². The van der Waals surface area contributed by atoms with Crippen molar-refractivity contribution in [3.05, 3.63) is 82.7 Å². The molecule has 0 saturated carbocycles. The van der Waals surface area contributed by atoms with Gasteiger partial charge in [0.2, 0.25) is 0 Å². The number of aromatic nitrogens is 2. The molecule has 9 heteroatoms. The van der Waals surface area contributed by atoms with Crippen molar-refractivity contribution in [3.63, 3.8) is 0 Å². The van der Waals surface area contributed by atoms with Crippen molar-refractivity contribution in [1.29, 1.82) is 0 Å². The van der Waals surface area contributed by atoms with Crippen LogP contribution in [0.3, 0.4) is 0 Å². The van der Waals surface area contributed by atoms with Gasteiger partial charge in [0, 0.05) is 36.0 Å². The molecular weight excluding hydrogens is 466 g/mol. The summed E-state index contributed by atoms with van der Waals surface area (Å²) >= 11 is 0. The summed E-state index contributed by atoms with van der Waals surface area (Å²) in [5.74, 6) is 0.507. The summed E-state index contributed by atoms with van der Waals surface area (Å²) in [7, 11) is -1.32. The molecule has 4 rings (SSSR count). The second-order valence-electron chi connectivity index (χ2n) is 8.91. The monoisotopic (exact) mass is 495 g/mol. The van der Waals surface area contributed by atoms with Gasteiger partial charge in [-0.3, -0.25) is 14.3 Å². The van der Waals surface area contributed by atoms with E-state index in [0.717, 1.165) is 17.0 Å². The molecule has 2 heterocycles. The van der Waals surface area contributed by atoms with Gasteiger partial charge in [0.25, 0.3) is 5.91 Å². The molecule has 2 aromatic carbocycles.